The molecule has 2 atom stereocenters. The third-order valence-electron chi connectivity index (χ3n) is 9.54. The average Bonchev–Trinajstić information content (AvgIpc) is 3.58. The lowest BCUT2D eigenvalue weighted by atomic mass is 9.38. The highest BCUT2D eigenvalue weighted by atomic mass is 35.5. The lowest BCUT2D eigenvalue weighted by Gasteiger charge is -2.73. The number of benzene rings is 1. The van der Waals surface area contributed by atoms with Crippen LogP contribution in [0.2, 0.25) is 5.02 Å². The number of amides is 2. The fraction of sp³-hybridized carbons (Fsp3) is 0.500. The number of carbonyl (C=O) groups excluding carboxylic acids is 2. The van der Waals surface area contributed by atoms with Crippen molar-refractivity contribution in [1.29, 1.82) is 0 Å². The smallest absolute Gasteiger partial charge is 0.338 e. The molecule has 14 heteroatoms. The molecule has 2 amide bonds. The maximum atomic E-state index is 14.0. The number of nitrogens with zero attached hydrogens (tertiary/aromatic N) is 5. The van der Waals surface area contributed by atoms with Crippen molar-refractivity contribution < 1.29 is 28.6 Å². The van der Waals surface area contributed by atoms with E-state index < -0.39 is 23.8 Å². The molecule has 1 aromatic carbocycles. The molecule has 2 bridgehead atoms. The Bertz CT molecular complexity index is 1580. The number of nitrogens with one attached hydrogen (secondary N) is 1. The molecule has 1 aromatic heterocycles. The van der Waals surface area contributed by atoms with Gasteiger partial charge in [-0.3, -0.25) is 14.7 Å². The van der Waals surface area contributed by atoms with Crippen LogP contribution in [0.1, 0.15) is 49.2 Å². The number of hydrogen-bond acceptors (Lipinski definition) is 9. The molecule has 0 spiro atoms. The maximum absolute atomic E-state index is 14.0. The number of carboxylic acids is 1. The summed E-state index contributed by atoms with van der Waals surface area (Å²) in [5.41, 5.74) is 1.01. The second-order valence-electron chi connectivity index (χ2n) is 12.4. The van der Waals surface area contributed by atoms with E-state index in [9.17, 15) is 23.9 Å². The number of halogens is 2. The largest absolute Gasteiger partial charge is 0.481 e. The summed E-state index contributed by atoms with van der Waals surface area (Å²) in [6.07, 6.45) is 4.11. The van der Waals surface area contributed by atoms with Crippen LogP contribution in [0, 0.1) is 11.2 Å². The fourth-order valence-electron chi connectivity index (χ4n) is 7.84. The highest BCUT2D eigenvalue weighted by molar-refractivity contribution is 7.11. The van der Waals surface area contributed by atoms with Crippen LogP contribution in [-0.4, -0.2) is 99.5 Å². The topological polar surface area (TPSA) is 128 Å². The van der Waals surface area contributed by atoms with E-state index in [0.29, 0.717) is 60.4 Å². The van der Waals surface area contributed by atoms with E-state index in [0.717, 1.165) is 19.3 Å². The van der Waals surface area contributed by atoms with E-state index in [2.05, 4.69) is 15.2 Å². The molecule has 232 valence electrons. The van der Waals surface area contributed by atoms with Crippen molar-refractivity contribution in [3.63, 3.8) is 0 Å². The van der Waals surface area contributed by atoms with E-state index in [4.69, 9.17) is 21.3 Å². The van der Waals surface area contributed by atoms with Crippen molar-refractivity contribution in [3.05, 3.63) is 62.5 Å². The Morgan fingerprint density at radius 3 is 2.73 bits per heavy atom. The molecule has 0 unspecified atom stereocenters. The first kappa shape index (κ1) is 29.2. The summed E-state index contributed by atoms with van der Waals surface area (Å²) in [7, 11) is 0. The second-order valence-corrected chi connectivity index (χ2v) is 13.7. The Morgan fingerprint density at radius 1 is 1.25 bits per heavy atom. The second kappa shape index (κ2) is 10.8. The van der Waals surface area contributed by atoms with Gasteiger partial charge in [0.2, 0.25) is 0 Å². The molecule has 44 heavy (non-hydrogen) atoms. The van der Waals surface area contributed by atoms with E-state index in [1.165, 1.54) is 29.5 Å². The highest BCUT2D eigenvalue weighted by Gasteiger charge is 2.72. The van der Waals surface area contributed by atoms with Gasteiger partial charge in [0.1, 0.15) is 11.9 Å². The van der Waals surface area contributed by atoms with Crippen molar-refractivity contribution >= 4 is 46.7 Å². The van der Waals surface area contributed by atoms with Crippen LogP contribution in [0.5, 0.6) is 0 Å². The van der Waals surface area contributed by atoms with Gasteiger partial charge in [-0.2, -0.15) is 0 Å². The predicted molar refractivity (Wildman–Crippen MR) is 160 cm³/mol. The number of aliphatic carboxylic acids is 1. The van der Waals surface area contributed by atoms with Crippen LogP contribution < -0.4 is 5.32 Å². The van der Waals surface area contributed by atoms with Gasteiger partial charge in [-0.25, -0.2) is 19.0 Å². The number of carboxylic acid groups (broad SMARTS) is 1. The minimum Gasteiger partial charge on any atom is -0.481 e. The number of rotatable bonds is 9. The molecule has 3 saturated carbocycles. The Labute approximate surface area is 262 Å². The molecule has 4 heterocycles. The van der Waals surface area contributed by atoms with E-state index in [1.807, 2.05) is 15.2 Å². The van der Waals surface area contributed by atoms with Crippen LogP contribution in [-0.2, 0) is 14.3 Å². The quantitative estimate of drug-likeness (QED) is 0.397. The van der Waals surface area contributed by atoms with Crippen LogP contribution in [0.3, 0.4) is 0 Å². The van der Waals surface area contributed by atoms with Crippen LogP contribution in [0.4, 0.5) is 9.18 Å². The molecule has 3 aliphatic carbocycles. The van der Waals surface area contributed by atoms with Crippen molar-refractivity contribution in [2.24, 2.45) is 10.4 Å². The summed E-state index contributed by atoms with van der Waals surface area (Å²) in [5.74, 6) is -1.33. The SMILES string of the molecule is CCOC(=O)C1=C(CN2CCN3C(=O)N(C45CC(CC(=O)O)(C4)C5)C[C@@H]3C2)NC(c2nccs2)=N[C@H]1c1ccc(F)cc1Cl. The lowest BCUT2D eigenvalue weighted by molar-refractivity contribution is -0.208. The van der Waals surface area contributed by atoms with Crippen LogP contribution in [0.25, 0.3) is 0 Å². The third kappa shape index (κ3) is 4.85. The summed E-state index contributed by atoms with van der Waals surface area (Å²) in [6, 6.07) is 3.20. The zero-order valence-electron chi connectivity index (χ0n) is 24.1. The Morgan fingerprint density at radius 2 is 2.05 bits per heavy atom. The van der Waals surface area contributed by atoms with E-state index in [1.54, 1.807) is 13.1 Å². The van der Waals surface area contributed by atoms with Crippen LogP contribution >= 0.6 is 22.9 Å². The molecule has 2 saturated heterocycles. The average molecular weight is 643 g/mol. The summed E-state index contributed by atoms with van der Waals surface area (Å²) >= 11 is 7.90. The number of hydrogen-bond donors (Lipinski definition) is 2. The zero-order valence-corrected chi connectivity index (χ0v) is 25.7. The molecule has 2 aromatic rings. The molecule has 0 radical (unpaired) electrons. The van der Waals surface area contributed by atoms with Crippen molar-refractivity contribution in [2.75, 3.05) is 39.3 Å². The van der Waals surface area contributed by atoms with Gasteiger partial charge in [0.05, 0.1) is 24.6 Å². The number of carbonyl (C=O) groups is 3. The first-order valence-corrected chi connectivity index (χ1v) is 16.0. The Balaban J connectivity index is 1.14. The number of aliphatic imine (C=N–C) groups is 1. The summed E-state index contributed by atoms with van der Waals surface area (Å²) in [4.78, 5) is 53.6. The summed E-state index contributed by atoms with van der Waals surface area (Å²) in [6.45, 7) is 4.59. The number of thiazole rings is 1. The fourth-order valence-corrected chi connectivity index (χ4v) is 8.69. The zero-order chi connectivity index (χ0) is 30.8. The monoisotopic (exact) mass is 642 g/mol. The van der Waals surface area contributed by atoms with Gasteiger partial charge in [-0.15, -0.1) is 11.3 Å². The predicted octanol–water partition coefficient (Wildman–Crippen LogP) is 3.66. The minimum absolute atomic E-state index is 0.0228. The number of urea groups is 1. The van der Waals surface area contributed by atoms with Gasteiger partial charge >= 0.3 is 18.0 Å². The standard InChI is InChI=1S/C30H32ClFN6O5S/c1-2-43-27(41)23-21(34-25(26-33-5-8-44-26)35-24(23)19-4-3-17(32)9-20(19)31)13-36-6-7-37-18(11-36)12-38(28(37)42)30-14-29(15-30,16-30)10-22(39)40/h3-5,8-9,18,24H,2,6-7,10-16H2,1H3,(H,34,35)(H,39,40)/t18-,24-,29?,30?/m0/s1. The van der Waals surface area contributed by atoms with Gasteiger partial charge in [0.15, 0.2) is 10.8 Å². The summed E-state index contributed by atoms with van der Waals surface area (Å²) in [5, 5.41) is 15.2. The van der Waals surface area contributed by atoms with Crippen molar-refractivity contribution in [2.45, 2.75) is 50.2 Å². The highest BCUT2D eigenvalue weighted by Crippen LogP contribution is 2.72. The van der Waals surface area contributed by atoms with E-state index >= 15 is 0 Å². The third-order valence-corrected chi connectivity index (χ3v) is 10.6. The van der Waals surface area contributed by atoms with E-state index in [-0.39, 0.29) is 41.1 Å². The number of esters is 1. The molecular formula is C30H32ClFN6O5S. The Hall–Kier alpha value is -3.55. The normalized spacial score (nSPS) is 29.4. The number of amidine groups is 1. The minimum atomic E-state index is -0.843. The van der Waals surface area contributed by atoms with Gasteiger partial charge in [-0.1, -0.05) is 17.7 Å². The molecule has 5 fully saturated rings. The molecule has 2 N–H and O–H groups in total. The molecule has 11 nitrogen and oxygen atoms in total. The number of piperazine rings is 1. The first-order valence-electron chi connectivity index (χ1n) is 14.7. The molecule has 8 rings (SSSR count). The lowest BCUT2D eigenvalue weighted by Crippen LogP contribution is -2.75. The van der Waals surface area contributed by atoms with Gasteiger partial charge < -0.3 is 25.0 Å². The van der Waals surface area contributed by atoms with Crippen molar-refractivity contribution in [3.8, 4) is 0 Å². The number of fused-ring (bicyclic) bond motifs is 1. The van der Waals surface area contributed by atoms with Gasteiger partial charge in [0.25, 0.3) is 0 Å². The molecule has 6 aliphatic rings. The molecule has 3 aliphatic heterocycles. The Kier molecular flexibility index (Phi) is 7.17. The number of aromatic nitrogens is 1. The number of ether oxygens (including phenoxy) is 1. The van der Waals surface area contributed by atoms with Crippen LogP contribution in [0.15, 0.2) is 46.0 Å². The molecular weight excluding hydrogens is 611 g/mol. The van der Waals surface area contributed by atoms with Gasteiger partial charge in [0, 0.05) is 66.1 Å². The summed E-state index contributed by atoms with van der Waals surface area (Å²) < 4.78 is 19.5. The van der Waals surface area contributed by atoms with Crippen molar-refractivity contribution in [1.82, 2.24) is 25.0 Å². The maximum Gasteiger partial charge on any atom is 0.338 e. The first-order chi connectivity index (χ1) is 21.1. The van der Waals surface area contributed by atoms with Gasteiger partial charge in [-0.05, 0) is 43.7 Å².